The van der Waals surface area contributed by atoms with Crippen LogP contribution in [0.1, 0.15) is 26.7 Å². The summed E-state index contributed by atoms with van der Waals surface area (Å²) in [6, 6.07) is 0. The number of hydrogen-bond acceptors (Lipinski definition) is 3. The van der Waals surface area contributed by atoms with Crippen molar-refractivity contribution in [2.45, 2.75) is 32.2 Å². The summed E-state index contributed by atoms with van der Waals surface area (Å²) in [7, 11) is 0. The molecule has 92 valence electrons. The van der Waals surface area contributed by atoms with Crippen molar-refractivity contribution in [1.29, 1.82) is 0 Å². The van der Waals surface area contributed by atoms with Crippen molar-refractivity contribution in [3.05, 3.63) is 12.2 Å². The minimum absolute atomic E-state index is 0.410. The maximum atomic E-state index is 10.9. The molecule has 1 atom stereocenters. The van der Waals surface area contributed by atoms with E-state index in [1.165, 1.54) is 0 Å². The summed E-state index contributed by atoms with van der Waals surface area (Å²) in [4.78, 5) is 17.1. The first-order valence-electron chi connectivity index (χ1n) is 4.95. The first-order chi connectivity index (χ1) is 7.42. The van der Waals surface area contributed by atoms with Gasteiger partial charge in [0, 0.05) is 0 Å². The molecule has 0 spiro atoms. The average Bonchev–Trinajstić information content (AvgIpc) is 2.22. The van der Waals surface area contributed by atoms with Gasteiger partial charge in [-0.05, 0) is 38.5 Å². The Labute approximate surface area is 100 Å². The van der Waals surface area contributed by atoms with Crippen molar-refractivity contribution in [1.82, 2.24) is 4.84 Å². The zero-order valence-corrected chi connectivity index (χ0v) is 10.3. The summed E-state index contributed by atoms with van der Waals surface area (Å²) < 4.78 is 0. The molecule has 5 nitrogen and oxygen atoms in total. The van der Waals surface area contributed by atoms with Gasteiger partial charge in [0.25, 0.3) is 0 Å². The fourth-order valence-corrected chi connectivity index (χ4v) is 1.13. The molecule has 16 heavy (non-hydrogen) atoms. The van der Waals surface area contributed by atoms with E-state index in [1.807, 2.05) is 12.2 Å². The number of nitrogens with one attached hydrogen (secondary N) is 1. The van der Waals surface area contributed by atoms with Crippen molar-refractivity contribution < 1.29 is 9.90 Å². The highest BCUT2D eigenvalue weighted by molar-refractivity contribution is 6.15. The van der Waals surface area contributed by atoms with Crippen molar-refractivity contribution in [3.8, 4) is 0 Å². The maximum absolute atomic E-state index is 10.9. The SMILES string of the molecule is CC(N)=NC/C=C\CCC(C)(NCl)C(=O)O. The standard InChI is InChI=1S/C10H18ClN3O2/c1-8(12)13-7-5-3-4-6-10(2,14-11)9(15)16/h3,5,14H,4,6-7H2,1-2H3,(H2,12,13)(H,15,16)/b5-3-. The Balaban J connectivity index is 3.97. The number of carboxylic acid groups (broad SMARTS) is 1. The third-order valence-electron chi connectivity index (χ3n) is 2.10. The third kappa shape index (κ3) is 5.72. The van der Waals surface area contributed by atoms with Gasteiger partial charge in [-0.15, -0.1) is 0 Å². The Hall–Kier alpha value is -1.07. The van der Waals surface area contributed by atoms with Gasteiger partial charge in [-0.1, -0.05) is 12.2 Å². The minimum Gasteiger partial charge on any atom is -0.480 e. The zero-order valence-electron chi connectivity index (χ0n) is 9.53. The summed E-state index contributed by atoms with van der Waals surface area (Å²) in [5.74, 6) is -0.436. The van der Waals surface area contributed by atoms with Crippen molar-refractivity contribution in [2.24, 2.45) is 10.7 Å². The van der Waals surface area contributed by atoms with E-state index < -0.39 is 11.5 Å². The maximum Gasteiger partial charge on any atom is 0.324 e. The van der Waals surface area contributed by atoms with Gasteiger partial charge in [0.15, 0.2) is 0 Å². The normalized spacial score (nSPS) is 16.3. The second-order valence-corrected chi connectivity index (χ2v) is 3.91. The molecule has 0 rings (SSSR count). The largest absolute Gasteiger partial charge is 0.480 e. The summed E-state index contributed by atoms with van der Waals surface area (Å²) in [5, 5.41) is 8.90. The number of amidine groups is 1. The lowest BCUT2D eigenvalue weighted by Gasteiger charge is -2.21. The van der Waals surface area contributed by atoms with Crippen LogP contribution >= 0.6 is 11.8 Å². The highest BCUT2D eigenvalue weighted by Gasteiger charge is 2.30. The molecular weight excluding hydrogens is 230 g/mol. The van der Waals surface area contributed by atoms with E-state index in [-0.39, 0.29) is 0 Å². The van der Waals surface area contributed by atoms with E-state index in [2.05, 4.69) is 9.83 Å². The number of halogens is 1. The van der Waals surface area contributed by atoms with E-state index in [9.17, 15) is 4.79 Å². The molecule has 0 heterocycles. The molecule has 1 unspecified atom stereocenters. The van der Waals surface area contributed by atoms with Crippen LogP contribution in [0.2, 0.25) is 0 Å². The summed E-state index contributed by atoms with van der Waals surface area (Å²) in [5.41, 5.74) is 4.25. The van der Waals surface area contributed by atoms with E-state index >= 15 is 0 Å². The predicted molar refractivity (Wildman–Crippen MR) is 65.6 cm³/mol. The van der Waals surface area contributed by atoms with Crippen LogP contribution in [0.15, 0.2) is 17.1 Å². The van der Waals surface area contributed by atoms with Gasteiger partial charge in [-0.2, -0.15) is 0 Å². The van der Waals surface area contributed by atoms with E-state index in [1.54, 1.807) is 13.8 Å². The van der Waals surface area contributed by atoms with Crippen LogP contribution in [-0.4, -0.2) is 29.0 Å². The predicted octanol–water partition coefficient (Wildman–Crippen LogP) is 1.29. The van der Waals surface area contributed by atoms with Gasteiger partial charge in [-0.3, -0.25) is 9.79 Å². The van der Waals surface area contributed by atoms with Gasteiger partial charge in [0.05, 0.1) is 12.4 Å². The minimum atomic E-state index is -1.10. The molecule has 0 saturated heterocycles. The number of nitrogens with zero attached hydrogens (tertiary/aromatic N) is 1. The molecule has 0 aliphatic carbocycles. The van der Waals surface area contributed by atoms with Crippen LogP contribution in [0.5, 0.6) is 0 Å². The topological polar surface area (TPSA) is 87.7 Å². The number of allylic oxidation sites excluding steroid dienone is 1. The Morgan fingerprint density at radius 2 is 2.25 bits per heavy atom. The number of rotatable bonds is 7. The van der Waals surface area contributed by atoms with Gasteiger partial charge >= 0.3 is 5.97 Å². The van der Waals surface area contributed by atoms with Crippen LogP contribution in [0, 0.1) is 0 Å². The summed E-state index contributed by atoms with van der Waals surface area (Å²) >= 11 is 5.39. The molecule has 0 aromatic heterocycles. The van der Waals surface area contributed by atoms with Crippen LogP contribution in [0.3, 0.4) is 0 Å². The van der Waals surface area contributed by atoms with Crippen LogP contribution in [0.4, 0.5) is 0 Å². The molecular formula is C10H18ClN3O2. The van der Waals surface area contributed by atoms with Crippen LogP contribution < -0.4 is 10.6 Å². The smallest absolute Gasteiger partial charge is 0.324 e. The van der Waals surface area contributed by atoms with Gasteiger partial charge in [-0.25, -0.2) is 4.84 Å². The second kappa shape index (κ2) is 7.24. The Bertz CT molecular complexity index is 288. The monoisotopic (exact) mass is 247 g/mol. The first kappa shape index (κ1) is 14.9. The molecule has 6 heteroatoms. The molecule has 0 aromatic carbocycles. The van der Waals surface area contributed by atoms with Gasteiger partial charge < -0.3 is 10.8 Å². The van der Waals surface area contributed by atoms with Crippen molar-refractivity contribution in [3.63, 3.8) is 0 Å². The average molecular weight is 248 g/mol. The highest BCUT2D eigenvalue weighted by atomic mass is 35.5. The Kier molecular flexibility index (Phi) is 6.76. The molecule has 4 N–H and O–H groups in total. The molecule has 0 bridgehead atoms. The van der Waals surface area contributed by atoms with Crippen molar-refractivity contribution >= 4 is 23.6 Å². The number of carboxylic acids is 1. The number of aliphatic carboxylic acids is 1. The fourth-order valence-electron chi connectivity index (χ4n) is 0.956. The third-order valence-corrected chi connectivity index (χ3v) is 2.52. The number of carbonyl (C=O) groups is 1. The lowest BCUT2D eigenvalue weighted by molar-refractivity contribution is -0.143. The van der Waals surface area contributed by atoms with Crippen molar-refractivity contribution in [2.75, 3.05) is 6.54 Å². The van der Waals surface area contributed by atoms with E-state index in [4.69, 9.17) is 22.6 Å². The molecule has 0 amide bonds. The summed E-state index contributed by atoms with van der Waals surface area (Å²) in [6.45, 7) is 3.77. The number of nitrogens with two attached hydrogens (primary N) is 1. The van der Waals surface area contributed by atoms with Gasteiger partial charge in [0.1, 0.15) is 5.54 Å². The zero-order chi connectivity index (χ0) is 12.6. The Morgan fingerprint density at radius 3 is 2.69 bits per heavy atom. The molecule has 0 radical (unpaired) electrons. The summed E-state index contributed by atoms with van der Waals surface area (Å²) in [6.07, 6.45) is 4.73. The quantitative estimate of drug-likeness (QED) is 0.274. The van der Waals surface area contributed by atoms with E-state index in [0.717, 1.165) is 0 Å². The number of hydrogen-bond donors (Lipinski definition) is 3. The Morgan fingerprint density at radius 1 is 1.62 bits per heavy atom. The van der Waals surface area contributed by atoms with Crippen LogP contribution in [-0.2, 0) is 4.79 Å². The number of aliphatic imine (C=N–C) groups is 1. The van der Waals surface area contributed by atoms with Crippen LogP contribution in [0.25, 0.3) is 0 Å². The second-order valence-electron chi connectivity index (χ2n) is 3.72. The molecule has 0 fully saturated rings. The molecule has 0 aliphatic rings. The molecule has 0 aliphatic heterocycles. The molecule has 0 aromatic rings. The van der Waals surface area contributed by atoms with Gasteiger partial charge in [0.2, 0.25) is 0 Å². The molecule has 0 saturated carbocycles. The van der Waals surface area contributed by atoms with E-state index in [0.29, 0.717) is 25.2 Å². The lowest BCUT2D eigenvalue weighted by atomic mass is 9.97. The first-order valence-corrected chi connectivity index (χ1v) is 5.33. The fraction of sp³-hybridized carbons (Fsp3) is 0.600. The highest BCUT2D eigenvalue weighted by Crippen LogP contribution is 2.13. The lowest BCUT2D eigenvalue weighted by Crippen LogP contribution is -2.44.